The normalized spacial score (nSPS) is 11.3. The fourth-order valence-electron chi connectivity index (χ4n) is 4.18. The molecule has 0 N–H and O–H groups in total. The Hall–Kier alpha value is -3.62. The smallest absolute Gasteiger partial charge is 0.133 e. The first kappa shape index (κ1) is 17.3. The Morgan fingerprint density at radius 1 is 0.500 bits per heavy atom. The molecule has 7 rings (SSSR count). The summed E-state index contributed by atoms with van der Waals surface area (Å²) < 4.78 is 7.90. The molecule has 2 heteroatoms. The van der Waals surface area contributed by atoms with E-state index in [0.29, 0.717) is 0 Å². The summed E-state index contributed by atoms with van der Waals surface area (Å²) in [7, 11) is 0. The van der Waals surface area contributed by atoms with Gasteiger partial charge in [0.1, 0.15) is 5.58 Å². The van der Waals surface area contributed by atoms with E-state index in [4.69, 9.17) is 4.42 Å². The van der Waals surface area contributed by atoms with Gasteiger partial charge in [-0.1, -0.05) is 84.9 Å². The third-order valence-electron chi connectivity index (χ3n) is 5.61. The zero-order valence-electron chi connectivity index (χ0n) is 16.2. The van der Waals surface area contributed by atoms with Crippen LogP contribution in [0.4, 0.5) is 0 Å². The van der Waals surface area contributed by atoms with Gasteiger partial charge in [0.25, 0.3) is 0 Å². The molecule has 0 saturated heterocycles. The van der Waals surface area contributed by atoms with Crippen molar-refractivity contribution in [2.24, 2.45) is 0 Å². The van der Waals surface area contributed by atoms with Gasteiger partial charge in [0.15, 0.2) is 0 Å². The zero-order valence-corrected chi connectivity index (χ0v) is 17.0. The van der Waals surface area contributed by atoms with Crippen molar-refractivity contribution in [3.63, 3.8) is 0 Å². The Bertz CT molecular complexity index is 1620. The molecule has 0 atom stereocenters. The van der Waals surface area contributed by atoms with Crippen molar-refractivity contribution in [1.82, 2.24) is 0 Å². The van der Waals surface area contributed by atoms with Gasteiger partial charge in [-0.15, -0.1) is 11.3 Å². The lowest BCUT2D eigenvalue weighted by atomic mass is 10.0. The predicted octanol–water partition coefficient (Wildman–Crippen LogP) is 8.79. The number of furan rings is 1. The molecule has 0 amide bonds. The van der Waals surface area contributed by atoms with E-state index in [0.717, 1.165) is 11.0 Å². The molecule has 0 radical (unpaired) electrons. The van der Waals surface area contributed by atoms with Crippen LogP contribution >= 0.6 is 11.3 Å². The predicted molar refractivity (Wildman–Crippen MR) is 131 cm³/mol. The topological polar surface area (TPSA) is 13.1 Å². The molecule has 0 spiro atoms. The summed E-state index contributed by atoms with van der Waals surface area (Å²) in [5.74, 6) is 0. The molecule has 2 aromatic heterocycles. The lowest BCUT2D eigenvalue weighted by molar-refractivity contribution is 0.616. The minimum Gasteiger partial charge on any atom is -0.464 e. The van der Waals surface area contributed by atoms with E-state index in [-0.39, 0.29) is 0 Å². The average molecular weight is 403 g/mol. The SMILES string of the molecule is c1ccc2c(c1)ccc1c2sc2ccc3ccccc3c21.c1ccc2occc2c1. The molecule has 142 valence electrons. The quantitative estimate of drug-likeness (QED) is 0.247. The zero-order chi connectivity index (χ0) is 19.9. The first-order valence-corrected chi connectivity index (χ1v) is 10.8. The summed E-state index contributed by atoms with van der Waals surface area (Å²) in [4.78, 5) is 0. The maximum Gasteiger partial charge on any atom is 0.133 e. The first-order chi connectivity index (χ1) is 14.9. The Labute approximate surface area is 177 Å². The lowest BCUT2D eigenvalue weighted by Gasteiger charge is -2.01. The fourth-order valence-corrected chi connectivity index (χ4v) is 5.43. The number of hydrogen-bond donors (Lipinski definition) is 0. The second kappa shape index (κ2) is 7.01. The number of benzene rings is 5. The summed E-state index contributed by atoms with van der Waals surface area (Å²) in [6, 6.07) is 36.2. The van der Waals surface area contributed by atoms with Gasteiger partial charge in [-0.2, -0.15) is 0 Å². The second-order valence-corrected chi connectivity index (χ2v) is 8.44. The van der Waals surface area contributed by atoms with Gasteiger partial charge < -0.3 is 4.42 Å². The van der Waals surface area contributed by atoms with Crippen LogP contribution in [-0.2, 0) is 0 Å². The van der Waals surface area contributed by atoms with Crippen molar-refractivity contribution >= 4 is 64.0 Å². The highest BCUT2D eigenvalue weighted by Gasteiger charge is 2.10. The number of hydrogen-bond acceptors (Lipinski definition) is 2. The fraction of sp³-hybridized carbons (Fsp3) is 0. The molecule has 0 bridgehead atoms. The Morgan fingerprint density at radius 2 is 1.17 bits per heavy atom. The maximum absolute atomic E-state index is 5.12. The molecule has 2 heterocycles. The Morgan fingerprint density at radius 3 is 2.00 bits per heavy atom. The molecular formula is C28H18OS. The minimum absolute atomic E-state index is 0.956. The molecule has 30 heavy (non-hydrogen) atoms. The number of thiophene rings is 1. The summed E-state index contributed by atoms with van der Waals surface area (Å²) in [6.45, 7) is 0. The molecule has 0 unspecified atom stereocenters. The number of fused-ring (bicyclic) bond motifs is 8. The molecular weight excluding hydrogens is 384 g/mol. The van der Waals surface area contributed by atoms with Crippen LogP contribution in [-0.4, -0.2) is 0 Å². The van der Waals surface area contributed by atoms with Crippen LogP contribution in [0.25, 0.3) is 52.7 Å². The van der Waals surface area contributed by atoms with Gasteiger partial charge in [0, 0.05) is 25.6 Å². The minimum atomic E-state index is 0.956. The summed E-state index contributed by atoms with van der Waals surface area (Å²) in [6.07, 6.45) is 1.70. The number of rotatable bonds is 0. The number of para-hydroxylation sites is 1. The first-order valence-electron chi connectivity index (χ1n) is 10.0. The molecule has 1 nitrogen and oxygen atoms in total. The molecule has 0 aliphatic rings. The second-order valence-electron chi connectivity index (χ2n) is 7.38. The van der Waals surface area contributed by atoms with Crippen LogP contribution < -0.4 is 0 Å². The van der Waals surface area contributed by atoms with Gasteiger partial charge in [0.05, 0.1) is 6.26 Å². The van der Waals surface area contributed by atoms with E-state index in [2.05, 4.69) is 72.8 Å². The Balaban J connectivity index is 0.000000163. The van der Waals surface area contributed by atoms with E-state index in [9.17, 15) is 0 Å². The van der Waals surface area contributed by atoms with E-state index >= 15 is 0 Å². The molecule has 0 aliphatic heterocycles. The van der Waals surface area contributed by atoms with Crippen LogP contribution in [0.1, 0.15) is 0 Å². The van der Waals surface area contributed by atoms with Gasteiger partial charge in [-0.05, 0) is 39.7 Å². The van der Waals surface area contributed by atoms with Crippen LogP contribution in [0.5, 0.6) is 0 Å². The summed E-state index contributed by atoms with van der Waals surface area (Å²) >= 11 is 1.91. The largest absolute Gasteiger partial charge is 0.464 e. The van der Waals surface area contributed by atoms with E-state index in [1.54, 1.807) is 6.26 Å². The molecule has 0 fully saturated rings. The van der Waals surface area contributed by atoms with Crippen molar-refractivity contribution in [1.29, 1.82) is 0 Å². The van der Waals surface area contributed by atoms with Crippen molar-refractivity contribution in [3.05, 3.63) is 109 Å². The van der Waals surface area contributed by atoms with Gasteiger partial charge in [0.2, 0.25) is 0 Å². The third kappa shape index (κ3) is 2.77. The van der Waals surface area contributed by atoms with E-state index in [1.807, 2.05) is 41.7 Å². The van der Waals surface area contributed by atoms with Crippen molar-refractivity contribution < 1.29 is 4.42 Å². The summed E-state index contributed by atoms with van der Waals surface area (Å²) in [5.41, 5.74) is 0.956. The van der Waals surface area contributed by atoms with Crippen molar-refractivity contribution in [2.45, 2.75) is 0 Å². The lowest BCUT2D eigenvalue weighted by Crippen LogP contribution is -1.74. The van der Waals surface area contributed by atoms with Gasteiger partial charge >= 0.3 is 0 Å². The van der Waals surface area contributed by atoms with Crippen molar-refractivity contribution in [3.8, 4) is 0 Å². The van der Waals surface area contributed by atoms with E-state index in [1.165, 1.54) is 41.7 Å². The average Bonchev–Trinajstić information content (AvgIpc) is 3.44. The van der Waals surface area contributed by atoms with Crippen LogP contribution in [0.2, 0.25) is 0 Å². The summed E-state index contributed by atoms with van der Waals surface area (Å²) in [5, 5.41) is 9.30. The van der Waals surface area contributed by atoms with Crippen LogP contribution in [0, 0.1) is 0 Å². The van der Waals surface area contributed by atoms with Crippen LogP contribution in [0.3, 0.4) is 0 Å². The maximum atomic E-state index is 5.12. The molecule has 0 aliphatic carbocycles. The van der Waals surface area contributed by atoms with Crippen molar-refractivity contribution in [2.75, 3.05) is 0 Å². The highest BCUT2D eigenvalue weighted by Crippen LogP contribution is 2.41. The molecule has 0 saturated carbocycles. The van der Waals surface area contributed by atoms with Gasteiger partial charge in [-0.3, -0.25) is 0 Å². The third-order valence-corrected chi connectivity index (χ3v) is 6.82. The molecule has 7 aromatic rings. The van der Waals surface area contributed by atoms with E-state index < -0.39 is 0 Å². The monoisotopic (exact) mass is 402 g/mol. The van der Waals surface area contributed by atoms with Crippen LogP contribution in [0.15, 0.2) is 114 Å². The molecule has 5 aromatic carbocycles. The highest BCUT2D eigenvalue weighted by atomic mass is 32.1. The standard InChI is InChI=1S/C20H12S.C8H6O/c1-3-7-15-13(5-1)10-12-18-19(15)17-11-9-14-6-2-4-8-16(14)20(17)21-18;1-2-4-8-7(3-1)5-6-9-8/h1-12H;1-6H. The van der Waals surface area contributed by atoms with Gasteiger partial charge in [-0.25, -0.2) is 0 Å². The Kier molecular flexibility index (Phi) is 4.03. The highest BCUT2D eigenvalue weighted by molar-refractivity contribution is 7.26.